The van der Waals surface area contributed by atoms with E-state index < -0.39 is 0 Å². The predicted octanol–water partition coefficient (Wildman–Crippen LogP) is 5.56. The van der Waals surface area contributed by atoms with Gasteiger partial charge in [0.05, 0.1) is 0 Å². The molecule has 2 fully saturated rings. The van der Waals surface area contributed by atoms with Crippen LogP contribution in [0.15, 0.2) is 71.5 Å². The summed E-state index contributed by atoms with van der Waals surface area (Å²) in [6.07, 6.45) is 18.8. The molecule has 0 aromatic carbocycles. The van der Waals surface area contributed by atoms with Gasteiger partial charge in [0.1, 0.15) is 0 Å². The van der Waals surface area contributed by atoms with Crippen molar-refractivity contribution in [3.8, 4) is 0 Å². The highest BCUT2D eigenvalue weighted by molar-refractivity contribution is 7.99. The summed E-state index contributed by atoms with van der Waals surface area (Å²) in [4.78, 5) is 16.7. The van der Waals surface area contributed by atoms with Crippen LogP contribution in [0.1, 0.15) is 26.7 Å². The summed E-state index contributed by atoms with van der Waals surface area (Å²) >= 11 is 3.53. The fraction of sp³-hybridized carbons (Fsp3) is 0.455. The average Bonchev–Trinajstić information content (AvgIpc) is 3.65. The minimum Gasteiger partial charge on any atom is -0.231 e. The Kier molecular flexibility index (Phi) is 8.55. The summed E-state index contributed by atoms with van der Waals surface area (Å²) in [6, 6.07) is 3.70. The maximum atomic E-state index is 4.18. The molecule has 2 aliphatic rings. The first-order valence-corrected chi connectivity index (χ1v) is 11.8. The zero-order valence-electron chi connectivity index (χ0n) is 16.5. The zero-order chi connectivity index (χ0) is 19.6. The van der Waals surface area contributed by atoms with Gasteiger partial charge in [0.15, 0.2) is 10.3 Å². The molecule has 0 bridgehead atoms. The Morgan fingerprint density at radius 2 is 1.14 bits per heavy atom. The number of thioether (sulfide) groups is 2. The van der Waals surface area contributed by atoms with Crippen molar-refractivity contribution in [2.45, 2.75) is 37.0 Å². The van der Waals surface area contributed by atoms with Gasteiger partial charge in [-0.1, -0.05) is 47.8 Å². The van der Waals surface area contributed by atoms with Crippen LogP contribution in [0.4, 0.5) is 0 Å². The quantitative estimate of drug-likeness (QED) is 0.321. The topological polar surface area (TPSA) is 51.6 Å². The molecular weight excluding hydrogens is 384 g/mol. The summed E-state index contributed by atoms with van der Waals surface area (Å²) in [6.45, 7) is 4.17. The fourth-order valence-corrected chi connectivity index (χ4v) is 5.01. The van der Waals surface area contributed by atoms with Gasteiger partial charge in [0.2, 0.25) is 0 Å². The molecule has 6 heteroatoms. The van der Waals surface area contributed by atoms with Crippen LogP contribution < -0.4 is 0 Å². The van der Waals surface area contributed by atoms with Crippen molar-refractivity contribution in [3.63, 3.8) is 0 Å². The Labute approximate surface area is 176 Å². The summed E-state index contributed by atoms with van der Waals surface area (Å²) in [5, 5.41) is 1.80. The molecule has 28 heavy (non-hydrogen) atoms. The number of hydrogen-bond donors (Lipinski definition) is 0. The van der Waals surface area contributed by atoms with Crippen LogP contribution >= 0.6 is 23.5 Å². The molecule has 2 aromatic rings. The molecule has 148 valence electrons. The lowest BCUT2D eigenvalue weighted by Crippen LogP contribution is -1.88. The van der Waals surface area contributed by atoms with Gasteiger partial charge in [-0.05, 0) is 62.5 Å². The van der Waals surface area contributed by atoms with E-state index in [0.29, 0.717) is 0 Å². The molecule has 0 saturated heterocycles. The van der Waals surface area contributed by atoms with Crippen molar-refractivity contribution in [3.05, 3.63) is 61.2 Å². The van der Waals surface area contributed by atoms with Crippen LogP contribution in [0.25, 0.3) is 0 Å². The highest BCUT2D eigenvalue weighted by atomic mass is 32.2. The van der Waals surface area contributed by atoms with Crippen LogP contribution in [0.2, 0.25) is 0 Å². The van der Waals surface area contributed by atoms with E-state index in [2.05, 4.69) is 58.1 Å². The van der Waals surface area contributed by atoms with Gasteiger partial charge < -0.3 is 0 Å². The van der Waals surface area contributed by atoms with Crippen molar-refractivity contribution in [2.24, 2.45) is 23.7 Å². The van der Waals surface area contributed by atoms with E-state index >= 15 is 0 Å². The highest BCUT2D eigenvalue weighted by Gasteiger charge is 2.34. The largest absolute Gasteiger partial charge is 0.231 e. The fourth-order valence-electron chi connectivity index (χ4n) is 2.97. The van der Waals surface area contributed by atoms with Gasteiger partial charge >= 0.3 is 0 Å². The van der Waals surface area contributed by atoms with Crippen LogP contribution in [-0.2, 0) is 0 Å². The third-order valence-electron chi connectivity index (χ3n) is 4.77. The number of hydrogen-bond acceptors (Lipinski definition) is 6. The third-order valence-corrected chi connectivity index (χ3v) is 6.90. The summed E-state index contributed by atoms with van der Waals surface area (Å²) < 4.78 is 0. The molecule has 0 spiro atoms. The Morgan fingerprint density at radius 3 is 1.50 bits per heavy atom. The second kappa shape index (κ2) is 11.4. The molecule has 4 rings (SSSR count). The van der Waals surface area contributed by atoms with E-state index in [-0.39, 0.29) is 0 Å². The van der Waals surface area contributed by atoms with E-state index in [4.69, 9.17) is 0 Å². The highest BCUT2D eigenvalue weighted by Crippen LogP contribution is 2.43. The van der Waals surface area contributed by atoms with Crippen molar-refractivity contribution in [1.82, 2.24) is 19.9 Å². The van der Waals surface area contributed by atoms with Gasteiger partial charge in [-0.2, -0.15) is 0 Å². The van der Waals surface area contributed by atoms with E-state index in [0.717, 1.165) is 45.5 Å². The molecule has 2 saturated carbocycles. The van der Waals surface area contributed by atoms with Crippen LogP contribution in [0.3, 0.4) is 0 Å². The van der Waals surface area contributed by atoms with E-state index in [1.165, 1.54) is 12.8 Å². The van der Waals surface area contributed by atoms with Crippen molar-refractivity contribution in [1.29, 1.82) is 0 Å². The summed E-state index contributed by atoms with van der Waals surface area (Å²) in [7, 11) is 0. The number of rotatable bonds is 8. The van der Waals surface area contributed by atoms with Gasteiger partial charge in [0.25, 0.3) is 0 Å². The molecular formula is C22H28N4S2. The zero-order valence-corrected chi connectivity index (χ0v) is 18.1. The first kappa shape index (κ1) is 21.1. The molecule has 2 aromatic heterocycles. The van der Waals surface area contributed by atoms with Gasteiger partial charge in [-0.25, -0.2) is 19.9 Å². The lowest BCUT2D eigenvalue weighted by atomic mass is 10.3. The molecule has 0 radical (unpaired) electrons. The first-order valence-electron chi connectivity index (χ1n) is 9.85. The average molecular weight is 413 g/mol. The maximum absolute atomic E-state index is 4.18. The molecule has 2 heterocycles. The summed E-state index contributed by atoms with van der Waals surface area (Å²) in [5.41, 5.74) is 0. The monoisotopic (exact) mass is 412 g/mol. The van der Waals surface area contributed by atoms with Gasteiger partial charge in [-0.3, -0.25) is 0 Å². The molecule has 4 nitrogen and oxygen atoms in total. The molecule has 0 N–H and O–H groups in total. The predicted molar refractivity (Wildman–Crippen MR) is 118 cm³/mol. The van der Waals surface area contributed by atoms with Crippen LogP contribution in [0.5, 0.6) is 0 Å². The minimum atomic E-state index is 0.816. The summed E-state index contributed by atoms with van der Waals surface area (Å²) in [5.74, 6) is 5.63. The van der Waals surface area contributed by atoms with E-state index in [9.17, 15) is 0 Å². The van der Waals surface area contributed by atoms with Crippen LogP contribution in [-0.4, -0.2) is 31.4 Å². The Morgan fingerprint density at radius 1 is 0.750 bits per heavy atom. The third kappa shape index (κ3) is 7.40. The second-order valence-corrected chi connectivity index (χ2v) is 9.03. The van der Waals surface area contributed by atoms with Crippen molar-refractivity contribution in [2.75, 3.05) is 11.5 Å². The van der Waals surface area contributed by atoms with Crippen molar-refractivity contribution >= 4 is 23.5 Å². The van der Waals surface area contributed by atoms with Gasteiger partial charge in [0, 0.05) is 36.3 Å². The van der Waals surface area contributed by atoms with Crippen molar-refractivity contribution < 1.29 is 0 Å². The maximum Gasteiger partial charge on any atom is 0.187 e. The van der Waals surface area contributed by atoms with Crippen LogP contribution in [0, 0.1) is 23.7 Å². The second-order valence-electron chi connectivity index (χ2n) is 7.06. The van der Waals surface area contributed by atoms with Gasteiger partial charge in [-0.15, -0.1) is 0 Å². The SMILES string of the molecule is C/C=C/[C@@H]1C[C@H]1CSc1ncccn1.C/C=C/[C@H]1C[C@@H]1CSc1ncccn1. The molecule has 0 aliphatic heterocycles. The standard InChI is InChI=1S/2C11H14N2S/c2*1-2-4-9-7-10(9)8-14-11-12-5-3-6-13-11/h2*2-6,9-10H,7-8H2,1H3/b2*4-2+/t2*9-,10+/m10/s1. The smallest absolute Gasteiger partial charge is 0.187 e. The molecule has 4 atom stereocenters. The number of aromatic nitrogens is 4. The minimum absolute atomic E-state index is 0.816. The Hall–Kier alpha value is -1.66. The normalized spacial score (nSPS) is 25.5. The molecule has 2 aliphatic carbocycles. The number of allylic oxidation sites excluding steroid dienone is 4. The Bertz CT molecular complexity index is 686. The number of nitrogens with zero attached hydrogens (tertiary/aromatic N) is 4. The first-order chi connectivity index (χ1) is 13.8. The Balaban J connectivity index is 0.000000161. The lowest BCUT2D eigenvalue weighted by molar-refractivity contribution is 0.899. The molecule has 0 unspecified atom stereocenters. The van der Waals surface area contributed by atoms with E-state index in [1.807, 2.05) is 12.1 Å². The van der Waals surface area contributed by atoms with E-state index in [1.54, 1.807) is 48.3 Å². The molecule has 0 amide bonds. The lowest BCUT2D eigenvalue weighted by Gasteiger charge is -1.96.